The Hall–Kier alpha value is -3.22. The second-order valence-corrected chi connectivity index (χ2v) is 6.54. The highest BCUT2D eigenvalue weighted by atomic mass is 19.2. The van der Waals surface area contributed by atoms with Crippen molar-refractivity contribution < 1.29 is 23.1 Å². The van der Waals surface area contributed by atoms with Crippen LogP contribution in [0.5, 0.6) is 5.75 Å². The Morgan fingerprint density at radius 1 is 1.00 bits per heavy atom. The molecular formula is C21H20F2N2O3. The zero-order chi connectivity index (χ0) is 20.4. The second-order valence-electron chi connectivity index (χ2n) is 6.54. The van der Waals surface area contributed by atoms with Crippen LogP contribution in [0.3, 0.4) is 0 Å². The summed E-state index contributed by atoms with van der Waals surface area (Å²) < 4.78 is 32.2. The van der Waals surface area contributed by atoms with Crippen LogP contribution in [-0.4, -0.2) is 29.4 Å². The third kappa shape index (κ3) is 3.60. The summed E-state index contributed by atoms with van der Waals surface area (Å²) in [5.74, 6) is -2.38. The second kappa shape index (κ2) is 7.80. The van der Waals surface area contributed by atoms with Crippen molar-refractivity contribution in [3.05, 3.63) is 65.4 Å². The number of nitrogens with one attached hydrogen (secondary N) is 1. The monoisotopic (exact) mass is 386 g/mol. The van der Waals surface area contributed by atoms with E-state index < -0.39 is 23.4 Å². The van der Waals surface area contributed by atoms with E-state index in [9.17, 15) is 18.4 Å². The fourth-order valence-electron chi connectivity index (χ4n) is 3.00. The third-order valence-electron chi connectivity index (χ3n) is 4.27. The Kier molecular flexibility index (Phi) is 5.44. The number of hydrogen-bond donors (Lipinski definition) is 1. The van der Waals surface area contributed by atoms with E-state index in [-0.39, 0.29) is 23.0 Å². The number of anilines is 1. The molecule has 1 aliphatic rings. The number of carbonyl (C=O) groups is 2. The molecule has 5 nitrogen and oxygen atoms in total. The predicted octanol–water partition coefficient (Wildman–Crippen LogP) is 3.96. The van der Waals surface area contributed by atoms with Crippen LogP contribution >= 0.6 is 0 Å². The maximum Gasteiger partial charge on any atom is 0.278 e. The number of benzene rings is 2. The highest BCUT2D eigenvalue weighted by Crippen LogP contribution is 2.32. The standard InChI is InChI=1S/C21H20F2N2O3/c1-4-28-15-8-5-13(6-9-15)18-19(21(27)25(12(2)3)20(18)26)24-14-7-10-16(22)17(23)11-14/h5-12,24H,4H2,1-3H3. The smallest absolute Gasteiger partial charge is 0.278 e. The first-order chi connectivity index (χ1) is 13.3. The molecule has 0 fully saturated rings. The average molecular weight is 386 g/mol. The van der Waals surface area contributed by atoms with Gasteiger partial charge in [0.2, 0.25) is 0 Å². The lowest BCUT2D eigenvalue weighted by atomic mass is 10.0. The number of rotatable bonds is 6. The summed E-state index contributed by atoms with van der Waals surface area (Å²) >= 11 is 0. The van der Waals surface area contributed by atoms with E-state index >= 15 is 0 Å². The topological polar surface area (TPSA) is 58.6 Å². The van der Waals surface area contributed by atoms with Gasteiger partial charge in [-0.25, -0.2) is 8.78 Å². The van der Waals surface area contributed by atoms with Crippen molar-refractivity contribution in [2.24, 2.45) is 0 Å². The minimum absolute atomic E-state index is 0.0221. The third-order valence-corrected chi connectivity index (χ3v) is 4.27. The van der Waals surface area contributed by atoms with Crippen LogP contribution in [0.2, 0.25) is 0 Å². The summed E-state index contributed by atoms with van der Waals surface area (Å²) in [6.45, 7) is 5.82. The van der Waals surface area contributed by atoms with Crippen LogP contribution in [0.1, 0.15) is 26.3 Å². The maximum absolute atomic E-state index is 13.6. The van der Waals surface area contributed by atoms with Gasteiger partial charge in [0.15, 0.2) is 11.6 Å². The van der Waals surface area contributed by atoms with Crippen LogP contribution in [0.4, 0.5) is 14.5 Å². The van der Waals surface area contributed by atoms with Gasteiger partial charge in [0.25, 0.3) is 11.8 Å². The molecule has 3 rings (SSSR count). The van der Waals surface area contributed by atoms with Crippen molar-refractivity contribution in [3.63, 3.8) is 0 Å². The highest BCUT2D eigenvalue weighted by molar-refractivity contribution is 6.36. The van der Waals surface area contributed by atoms with Gasteiger partial charge in [-0.1, -0.05) is 12.1 Å². The number of amides is 2. The van der Waals surface area contributed by atoms with Crippen molar-refractivity contribution in [1.82, 2.24) is 4.90 Å². The molecule has 0 saturated carbocycles. The Labute approximate surface area is 161 Å². The normalized spacial score (nSPS) is 14.3. The molecule has 0 spiro atoms. The highest BCUT2D eigenvalue weighted by Gasteiger charge is 2.40. The van der Waals surface area contributed by atoms with Crippen molar-refractivity contribution >= 4 is 23.1 Å². The van der Waals surface area contributed by atoms with Gasteiger partial charge in [-0.2, -0.15) is 0 Å². The van der Waals surface area contributed by atoms with Gasteiger partial charge >= 0.3 is 0 Å². The molecular weight excluding hydrogens is 366 g/mol. The number of nitrogens with zero attached hydrogens (tertiary/aromatic N) is 1. The fraction of sp³-hybridized carbons (Fsp3) is 0.238. The summed E-state index contributed by atoms with van der Waals surface area (Å²) in [7, 11) is 0. The summed E-state index contributed by atoms with van der Waals surface area (Å²) in [6, 6.07) is 9.61. The van der Waals surface area contributed by atoms with E-state index in [0.29, 0.717) is 17.9 Å². The molecule has 146 valence electrons. The maximum atomic E-state index is 13.6. The van der Waals surface area contributed by atoms with Crippen LogP contribution in [-0.2, 0) is 9.59 Å². The van der Waals surface area contributed by atoms with Gasteiger partial charge in [0.1, 0.15) is 11.4 Å². The molecule has 0 bridgehead atoms. The molecule has 1 aliphatic heterocycles. The minimum atomic E-state index is -1.05. The summed E-state index contributed by atoms with van der Waals surface area (Å²) in [6.07, 6.45) is 0. The Morgan fingerprint density at radius 2 is 1.68 bits per heavy atom. The van der Waals surface area contributed by atoms with Gasteiger partial charge in [0, 0.05) is 17.8 Å². The molecule has 1 heterocycles. The first kappa shape index (κ1) is 19.5. The van der Waals surface area contributed by atoms with Crippen molar-refractivity contribution in [1.29, 1.82) is 0 Å². The number of carbonyl (C=O) groups excluding carboxylic acids is 2. The number of imide groups is 1. The SMILES string of the molecule is CCOc1ccc(C2=C(Nc3ccc(F)c(F)c3)C(=O)N(C(C)C)C2=O)cc1. The van der Waals surface area contributed by atoms with Gasteiger partial charge in [-0.3, -0.25) is 14.5 Å². The molecule has 28 heavy (non-hydrogen) atoms. The van der Waals surface area contributed by atoms with Crippen LogP contribution in [0.15, 0.2) is 48.2 Å². The predicted molar refractivity (Wildman–Crippen MR) is 102 cm³/mol. The Morgan fingerprint density at radius 3 is 2.25 bits per heavy atom. The molecule has 2 aromatic carbocycles. The first-order valence-corrected chi connectivity index (χ1v) is 8.91. The largest absolute Gasteiger partial charge is 0.494 e. The Balaban J connectivity index is 2.06. The van der Waals surface area contributed by atoms with Gasteiger partial charge in [-0.15, -0.1) is 0 Å². The average Bonchev–Trinajstić information content (AvgIpc) is 2.89. The lowest BCUT2D eigenvalue weighted by molar-refractivity contribution is -0.138. The van der Waals surface area contributed by atoms with Crippen molar-refractivity contribution in [2.75, 3.05) is 11.9 Å². The Bertz CT molecular complexity index is 953. The van der Waals surface area contributed by atoms with Gasteiger partial charge < -0.3 is 10.1 Å². The van der Waals surface area contributed by atoms with Crippen molar-refractivity contribution in [2.45, 2.75) is 26.8 Å². The zero-order valence-electron chi connectivity index (χ0n) is 15.8. The molecule has 0 saturated heterocycles. The molecule has 2 amide bonds. The lowest BCUT2D eigenvalue weighted by Gasteiger charge is -2.19. The van der Waals surface area contributed by atoms with E-state index in [4.69, 9.17) is 4.74 Å². The van der Waals surface area contributed by atoms with E-state index in [1.165, 1.54) is 6.07 Å². The summed E-state index contributed by atoms with van der Waals surface area (Å²) in [5, 5.41) is 2.79. The molecule has 1 N–H and O–H groups in total. The molecule has 0 radical (unpaired) electrons. The van der Waals surface area contributed by atoms with Crippen molar-refractivity contribution in [3.8, 4) is 5.75 Å². The van der Waals surface area contributed by atoms with Crippen LogP contribution < -0.4 is 10.1 Å². The molecule has 2 aromatic rings. The van der Waals surface area contributed by atoms with Gasteiger partial charge in [0.05, 0.1) is 12.2 Å². The molecule has 0 aromatic heterocycles. The summed E-state index contributed by atoms with van der Waals surface area (Å²) in [4.78, 5) is 26.9. The lowest BCUT2D eigenvalue weighted by Crippen LogP contribution is -2.38. The molecule has 7 heteroatoms. The number of ether oxygens (including phenoxy) is 1. The van der Waals surface area contributed by atoms with Gasteiger partial charge in [-0.05, 0) is 50.6 Å². The molecule has 0 atom stereocenters. The van der Waals surface area contributed by atoms with Crippen LogP contribution in [0.25, 0.3) is 5.57 Å². The number of halogens is 2. The van der Waals surface area contributed by atoms with Crippen LogP contribution in [0, 0.1) is 11.6 Å². The van der Waals surface area contributed by atoms with E-state index in [0.717, 1.165) is 17.0 Å². The first-order valence-electron chi connectivity index (χ1n) is 8.91. The van der Waals surface area contributed by atoms with E-state index in [2.05, 4.69) is 5.32 Å². The fourth-order valence-corrected chi connectivity index (χ4v) is 3.00. The molecule has 0 unspecified atom stereocenters. The number of hydrogen-bond acceptors (Lipinski definition) is 4. The van der Waals surface area contributed by atoms with E-state index in [1.54, 1.807) is 38.1 Å². The quantitative estimate of drug-likeness (QED) is 0.764. The van der Waals surface area contributed by atoms with E-state index in [1.807, 2.05) is 6.92 Å². The summed E-state index contributed by atoms with van der Waals surface area (Å²) in [5.41, 5.74) is 0.888. The molecule has 0 aliphatic carbocycles. The minimum Gasteiger partial charge on any atom is -0.494 e. The zero-order valence-corrected chi connectivity index (χ0v) is 15.8.